The summed E-state index contributed by atoms with van der Waals surface area (Å²) in [6, 6.07) is 3.65. The van der Waals surface area contributed by atoms with Crippen LogP contribution in [0.4, 0.5) is 10.1 Å². The van der Waals surface area contributed by atoms with E-state index in [-0.39, 0.29) is 16.5 Å². The Balaban J connectivity index is 2.20. The van der Waals surface area contributed by atoms with Gasteiger partial charge in [0, 0.05) is 0 Å². The average Bonchev–Trinajstić information content (AvgIpc) is 3.14. The highest BCUT2D eigenvalue weighted by molar-refractivity contribution is 6.34. The summed E-state index contributed by atoms with van der Waals surface area (Å²) in [5.41, 5.74) is 4.64. The molecular formula is C11H11ClFN3O2. The summed E-state index contributed by atoms with van der Waals surface area (Å²) in [6.07, 6.45) is 0.976. The van der Waals surface area contributed by atoms with Crippen LogP contribution in [0.15, 0.2) is 23.4 Å². The molecule has 1 amide bonds. The zero-order valence-corrected chi connectivity index (χ0v) is 10.0. The maximum Gasteiger partial charge on any atom is 0.238 e. The van der Waals surface area contributed by atoms with Crippen LogP contribution in [0.2, 0.25) is 5.02 Å². The highest BCUT2D eigenvalue weighted by Gasteiger charge is 2.54. The smallest absolute Gasteiger partial charge is 0.238 e. The molecule has 0 saturated heterocycles. The van der Waals surface area contributed by atoms with E-state index in [1.807, 2.05) is 0 Å². The van der Waals surface area contributed by atoms with Crippen molar-refractivity contribution in [3.05, 3.63) is 29.0 Å². The first-order chi connectivity index (χ1) is 8.49. The fourth-order valence-corrected chi connectivity index (χ4v) is 1.82. The van der Waals surface area contributed by atoms with Gasteiger partial charge in [-0.25, -0.2) is 4.39 Å². The minimum Gasteiger partial charge on any atom is -0.409 e. The van der Waals surface area contributed by atoms with Crippen molar-refractivity contribution >= 4 is 29.0 Å². The number of carbonyl (C=O) groups is 1. The standard InChI is InChI=1S/C11H11ClFN3O2/c12-7-2-1-6(13)5-8(7)15-10(17)11(3-4-11)9(14)16-18/h1-2,5,18H,3-4H2,(H2,14,16)(H,15,17). The number of rotatable bonds is 3. The number of hydrogen-bond acceptors (Lipinski definition) is 3. The number of nitrogens with one attached hydrogen (secondary N) is 1. The predicted octanol–water partition coefficient (Wildman–Crippen LogP) is 1.94. The first kappa shape index (κ1) is 12.6. The van der Waals surface area contributed by atoms with Crippen molar-refractivity contribution in [2.75, 3.05) is 5.32 Å². The molecule has 0 radical (unpaired) electrons. The van der Waals surface area contributed by atoms with E-state index in [1.54, 1.807) is 0 Å². The SMILES string of the molecule is N/C(=N/O)C1(C(=O)Nc2cc(F)ccc2Cl)CC1. The zero-order chi connectivity index (χ0) is 13.3. The molecule has 0 unspecified atom stereocenters. The van der Waals surface area contributed by atoms with Crippen LogP contribution in [-0.2, 0) is 4.79 Å². The fourth-order valence-electron chi connectivity index (χ4n) is 1.66. The number of oxime groups is 1. The summed E-state index contributed by atoms with van der Waals surface area (Å²) >= 11 is 5.83. The van der Waals surface area contributed by atoms with Crippen LogP contribution < -0.4 is 11.1 Å². The molecular weight excluding hydrogens is 261 g/mol. The quantitative estimate of drug-likeness (QED) is 0.340. The maximum absolute atomic E-state index is 13.0. The molecule has 0 aliphatic heterocycles. The second kappa shape index (κ2) is 4.45. The molecule has 1 aromatic rings. The number of amidine groups is 1. The van der Waals surface area contributed by atoms with Gasteiger partial charge in [0.15, 0.2) is 5.84 Å². The van der Waals surface area contributed by atoms with E-state index in [0.29, 0.717) is 12.8 Å². The lowest BCUT2D eigenvalue weighted by molar-refractivity contribution is -0.119. The zero-order valence-electron chi connectivity index (χ0n) is 9.28. The van der Waals surface area contributed by atoms with Crippen molar-refractivity contribution in [2.24, 2.45) is 16.3 Å². The number of amides is 1. The molecule has 18 heavy (non-hydrogen) atoms. The van der Waals surface area contributed by atoms with Crippen LogP contribution in [-0.4, -0.2) is 17.0 Å². The second-order valence-electron chi connectivity index (χ2n) is 4.15. The Bertz CT molecular complexity index is 529. The van der Waals surface area contributed by atoms with Gasteiger partial charge in [-0.05, 0) is 31.0 Å². The average molecular weight is 272 g/mol. The van der Waals surface area contributed by atoms with E-state index in [0.717, 1.165) is 6.07 Å². The Morgan fingerprint density at radius 3 is 2.78 bits per heavy atom. The van der Waals surface area contributed by atoms with Crippen LogP contribution >= 0.6 is 11.6 Å². The third-order valence-electron chi connectivity index (χ3n) is 2.96. The largest absolute Gasteiger partial charge is 0.409 e. The van der Waals surface area contributed by atoms with Gasteiger partial charge < -0.3 is 16.3 Å². The molecule has 4 N–H and O–H groups in total. The molecule has 96 valence electrons. The number of nitrogens with two attached hydrogens (primary N) is 1. The Labute approximate surface area is 107 Å². The first-order valence-electron chi connectivity index (χ1n) is 5.24. The lowest BCUT2D eigenvalue weighted by Gasteiger charge is -2.14. The van der Waals surface area contributed by atoms with Gasteiger partial charge in [-0.2, -0.15) is 0 Å². The van der Waals surface area contributed by atoms with Gasteiger partial charge in [-0.3, -0.25) is 4.79 Å². The van der Waals surface area contributed by atoms with Crippen LogP contribution in [0.3, 0.4) is 0 Å². The van der Waals surface area contributed by atoms with Crippen LogP contribution in [0.5, 0.6) is 0 Å². The predicted molar refractivity (Wildman–Crippen MR) is 65.1 cm³/mol. The minimum atomic E-state index is -0.996. The maximum atomic E-state index is 13.0. The number of nitrogens with zero attached hydrogens (tertiary/aromatic N) is 1. The first-order valence-corrected chi connectivity index (χ1v) is 5.62. The Morgan fingerprint density at radius 2 is 2.22 bits per heavy atom. The van der Waals surface area contributed by atoms with E-state index in [9.17, 15) is 9.18 Å². The number of benzene rings is 1. The fraction of sp³-hybridized carbons (Fsp3) is 0.273. The molecule has 2 rings (SSSR count). The van der Waals surface area contributed by atoms with Crippen molar-refractivity contribution in [3.8, 4) is 0 Å². The van der Waals surface area contributed by atoms with Gasteiger partial charge in [-0.15, -0.1) is 0 Å². The molecule has 0 bridgehead atoms. The van der Waals surface area contributed by atoms with Crippen LogP contribution in [0.25, 0.3) is 0 Å². The number of halogens is 2. The van der Waals surface area contributed by atoms with Gasteiger partial charge >= 0.3 is 0 Å². The Hall–Kier alpha value is -1.82. The molecule has 7 heteroatoms. The van der Waals surface area contributed by atoms with Gasteiger partial charge in [-0.1, -0.05) is 16.8 Å². The lowest BCUT2D eigenvalue weighted by Crippen LogP contribution is -2.36. The monoisotopic (exact) mass is 271 g/mol. The summed E-state index contributed by atoms with van der Waals surface area (Å²) < 4.78 is 13.0. The number of hydrogen-bond donors (Lipinski definition) is 3. The van der Waals surface area contributed by atoms with E-state index in [4.69, 9.17) is 22.5 Å². The Morgan fingerprint density at radius 1 is 1.56 bits per heavy atom. The van der Waals surface area contributed by atoms with Crippen molar-refractivity contribution in [1.29, 1.82) is 0 Å². The number of carbonyl (C=O) groups excluding carboxylic acids is 1. The number of anilines is 1. The molecule has 1 aliphatic carbocycles. The molecule has 0 aromatic heterocycles. The van der Waals surface area contributed by atoms with Crippen molar-refractivity contribution in [3.63, 3.8) is 0 Å². The van der Waals surface area contributed by atoms with Crippen molar-refractivity contribution < 1.29 is 14.4 Å². The summed E-state index contributed by atoms with van der Waals surface area (Å²) in [7, 11) is 0. The van der Waals surface area contributed by atoms with Gasteiger partial charge in [0.2, 0.25) is 5.91 Å². The van der Waals surface area contributed by atoms with Crippen molar-refractivity contribution in [2.45, 2.75) is 12.8 Å². The summed E-state index contributed by atoms with van der Waals surface area (Å²) in [6.45, 7) is 0. The van der Waals surface area contributed by atoms with Gasteiger partial charge in [0.25, 0.3) is 0 Å². The lowest BCUT2D eigenvalue weighted by atomic mass is 10.1. The summed E-state index contributed by atoms with van der Waals surface area (Å²) in [4.78, 5) is 12.0. The van der Waals surface area contributed by atoms with Crippen LogP contribution in [0.1, 0.15) is 12.8 Å². The van der Waals surface area contributed by atoms with Crippen molar-refractivity contribution in [1.82, 2.24) is 0 Å². The normalized spacial score (nSPS) is 17.3. The van der Waals surface area contributed by atoms with E-state index < -0.39 is 17.1 Å². The third-order valence-corrected chi connectivity index (χ3v) is 3.29. The molecule has 1 aromatic carbocycles. The molecule has 1 aliphatic rings. The topological polar surface area (TPSA) is 87.7 Å². The van der Waals surface area contributed by atoms with E-state index in [1.165, 1.54) is 12.1 Å². The highest BCUT2D eigenvalue weighted by Crippen LogP contribution is 2.47. The molecule has 0 spiro atoms. The second-order valence-corrected chi connectivity index (χ2v) is 4.55. The third kappa shape index (κ3) is 2.11. The molecule has 5 nitrogen and oxygen atoms in total. The van der Waals surface area contributed by atoms with Crippen LogP contribution in [0, 0.1) is 11.2 Å². The highest BCUT2D eigenvalue weighted by atomic mass is 35.5. The molecule has 0 heterocycles. The Kier molecular flexibility index (Phi) is 3.13. The van der Waals surface area contributed by atoms with Gasteiger partial charge in [0.1, 0.15) is 11.2 Å². The van der Waals surface area contributed by atoms with Gasteiger partial charge in [0.05, 0.1) is 10.7 Å². The van der Waals surface area contributed by atoms with E-state index >= 15 is 0 Å². The summed E-state index contributed by atoms with van der Waals surface area (Å²) in [5.74, 6) is -1.11. The molecule has 1 saturated carbocycles. The van der Waals surface area contributed by atoms with E-state index in [2.05, 4.69) is 10.5 Å². The summed E-state index contributed by atoms with van der Waals surface area (Å²) in [5, 5.41) is 14.2. The minimum absolute atomic E-state index is 0.146. The molecule has 0 atom stereocenters. The molecule has 1 fully saturated rings.